The zero-order valence-corrected chi connectivity index (χ0v) is 14.8. The minimum atomic E-state index is -0.0837. The van der Waals surface area contributed by atoms with Crippen LogP contribution < -0.4 is 0 Å². The lowest BCUT2D eigenvalue weighted by Gasteiger charge is -2.29. The first-order valence-electron chi connectivity index (χ1n) is 9.25. The molecule has 2 aromatic rings. The first-order valence-corrected chi connectivity index (χ1v) is 9.25. The van der Waals surface area contributed by atoms with Crippen molar-refractivity contribution in [3.8, 4) is 6.07 Å². The summed E-state index contributed by atoms with van der Waals surface area (Å²) in [4.78, 5) is 12.7. The van der Waals surface area contributed by atoms with Gasteiger partial charge in [0.05, 0.1) is 11.6 Å². The van der Waals surface area contributed by atoms with Crippen LogP contribution in [0.25, 0.3) is 0 Å². The SMILES string of the molecule is CC(C(=O)CC1CCC(c2ccccc2)CC1)c1ccc(C#N)cc1. The summed E-state index contributed by atoms with van der Waals surface area (Å²) in [6, 6.07) is 20.3. The van der Waals surface area contributed by atoms with E-state index in [-0.39, 0.29) is 5.92 Å². The van der Waals surface area contributed by atoms with Gasteiger partial charge in [0.25, 0.3) is 0 Å². The molecule has 0 radical (unpaired) electrons. The molecule has 2 aromatic carbocycles. The summed E-state index contributed by atoms with van der Waals surface area (Å²) in [6.45, 7) is 1.99. The van der Waals surface area contributed by atoms with E-state index < -0.39 is 0 Å². The molecule has 0 amide bonds. The summed E-state index contributed by atoms with van der Waals surface area (Å²) >= 11 is 0. The summed E-state index contributed by atoms with van der Waals surface area (Å²) in [7, 11) is 0. The molecular weight excluding hydrogens is 306 g/mol. The first-order chi connectivity index (χ1) is 12.2. The van der Waals surface area contributed by atoms with Crippen LogP contribution in [0.2, 0.25) is 0 Å². The molecule has 128 valence electrons. The molecule has 1 aliphatic rings. The summed E-state index contributed by atoms with van der Waals surface area (Å²) in [5, 5.41) is 8.88. The van der Waals surface area contributed by atoms with Crippen molar-refractivity contribution in [1.82, 2.24) is 0 Å². The van der Waals surface area contributed by atoms with Crippen molar-refractivity contribution in [3.05, 3.63) is 71.3 Å². The van der Waals surface area contributed by atoms with Crippen LogP contribution in [0.4, 0.5) is 0 Å². The van der Waals surface area contributed by atoms with Crippen molar-refractivity contribution < 1.29 is 4.79 Å². The summed E-state index contributed by atoms with van der Waals surface area (Å²) in [5.74, 6) is 1.42. The van der Waals surface area contributed by atoms with Crippen molar-refractivity contribution in [1.29, 1.82) is 5.26 Å². The fraction of sp³-hybridized carbons (Fsp3) is 0.391. The van der Waals surface area contributed by atoms with Gasteiger partial charge in [0.15, 0.2) is 0 Å². The number of benzene rings is 2. The molecule has 0 bridgehead atoms. The maximum atomic E-state index is 12.7. The number of nitrogens with zero attached hydrogens (tertiary/aromatic N) is 1. The largest absolute Gasteiger partial charge is 0.299 e. The van der Waals surface area contributed by atoms with Gasteiger partial charge in [-0.25, -0.2) is 0 Å². The third-order valence-electron chi connectivity index (χ3n) is 5.63. The van der Waals surface area contributed by atoms with Gasteiger partial charge < -0.3 is 0 Å². The summed E-state index contributed by atoms with van der Waals surface area (Å²) in [5.41, 5.74) is 3.10. The highest BCUT2D eigenvalue weighted by Gasteiger charge is 2.26. The van der Waals surface area contributed by atoms with Crippen LogP contribution in [0, 0.1) is 17.2 Å². The second kappa shape index (κ2) is 8.12. The van der Waals surface area contributed by atoms with E-state index in [0.29, 0.717) is 29.6 Å². The minimum Gasteiger partial charge on any atom is -0.299 e. The van der Waals surface area contributed by atoms with Crippen molar-refractivity contribution in [2.75, 3.05) is 0 Å². The first kappa shape index (κ1) is 17.4. The van der Waals surface area contributed by atoms with Gasteiger partial charge in [-0.05, 0) is 60.8 Å². The van der Waals surface area contributed by atoms with E-state index in [4.69, 9.17) is 5.26 Å². The molecule has 1 fully saturated rings. The molecule has 0 aromatic heterocycles. The normalized spacial score (nSPS) is 21.3. The number of hydrogen-bond donors (Lipinski definition) is 0. The predicted molar refractivity (Wildman–Crippen MR) is 100 cm³/mol. The molecule has 0 N–H and O–H groups in total. The predicted octanol–water partition coefficient (Wildman–Crippen LogP) is 5.59. The van der Waals surface area contributed by atoms with E-state index in [2.05, 4.69) is 36.4 Å². The number of carbonyl (C=O) groups is 1. The molecular formula is C23H25NO. The van der Waals surface area contributed by atoms with Crippen LogP contribution in [0.15, 0.2) is 54.6 Å². The van der Waals surface area contributed by atoms with Gasteiger partial charge in [-0.15, -0.1) is 0 Å². The van der Waals surface area contributed by atoms with Crippen LogP contribution >= 0.6 is 0 Å². The van der Waals surface area contributed by atoms with Gasteiger partial charge in [0.2, 0.25) is 0 Å². The molecule has 1 saturated carbocycles. The second-order valence-electron chi connectivity index (χ2n) is 7.25. The fourth-order valence-electron chi connectivity index (χ4n) is 3.92. The molecule has 3 rings (SSSR count). The minimum absolute atomic E-state index is 0.0837. The lowest BCUT2D eigenvalue weighted by Crippen LogP contribution is -2.19. The van der Waals surface area contributed by atoms with Crippen molar-refractivity contribution in [2.24, 2.45) is 5.92 Å². The number of nitriles is 1. The number of rotatable bonds is 5. The van der Waals surface area contributed by atoms with Crippen LogP contribution in [0.3, 0.4) is 0 Å². The Hall–Kier alpha value is -2.40. The van der Waals surface area contributed by atoms with Gasteiger partial charge in [0, 0.05) is 12.3 Å². The van der Waals surface area contributed by atoms with E-state index in [1.165, 1.54) is 18.4 Å². The fourth-order valence-corrected chi connectivity index (χ4v) is 3.92. The molecule has 0 heterocycles. The van der Waals surface area contributed by atoms with Gasteiger partial charge in [-0.1, -0.05) is 49.4 Å². The van der Waals surface area contributed by atoms with E-state index >= 15 is 0 Å². The Labute approximate surface area is 150 Å². The number of hydrogen-bond acceptors (Lipinski definition) is 2. The van der Waals surface area contributed by atoms with E-state index in [0.717, 1.165) is 18.4 Å². The van der Waals surface area contributed by atoms with Crippen LogP contribution in [-0.4, -0.2) is 5.78 Å². The van der Waals surface area contributed by atoms with Crippen molar-refractivity contribution in [3.63, 3.8) is 0 Å². The zero-order valence-electron chi connectivity index (χ0n) is 14.8. The van der Waals surface area contributed by atoms with Gasteiger partial charge in [-0.3, -0.25) is 4.79 Å². The lowest BCUT2D eigenvalue weighted by molar-refractivity contribution is -0.121. The highest BCUT2D eigenvalue weighted by atomic mass is 16.1. The third kappa shape index (κ3) is 4.37. The maximum Gasteiger partial charge on any atom is 0.140 e. The Morgan fingerprint density at radius 2 is 1.68 bits per heavy atom. The second-order valence-corrected chi connectivity index (χ2v) is 7.25. The molecule has 1 atom stereocenters. The lowest BCUT2D eigenvalue weighted by atomic mass is 9.76. The average Bonchev–Trinajstić information content (AvgIpc) is 2.68. The van der Waals surface area contributed by atoms with Crippen LogP contribution in [0.5, 0.6) is 0 Å². The van der Waals surface area contributed by atoms with Crippen molar-refractivity contribution >= 4 is 5.78 Å². The zero-order chi connectivity index (χ0) is 17.6. The summed E-state index contributed by atoms with van der Waals surface area (Å²) in [6.07, 6.45) is 5.35. The van der Waals surface area contributed by atoms with Gasteiger partial charge >= 0.3 is 0 Å². The van der Waals surface area contributed by atoms with Crippen molar-refractivity contribution in [2.45, 2.75) is 50.9 Å². The number of ketones is 1. The Kier molecular flexibility index (Phi) is 5.66. The highest BCUT2D eigenvalue weighted by molar-refractivity contribution is 5.85. The Morgan fingerprint density at radius 3 is 2.28 bits per heavy atom. The highest BCUT2D eigenvalue weighted by Crippen LogP contribution is 2.37. The maximum absolute atomic E-state index is 12.7. The molecule has 0 aliphatic heterocycles. The van der Waals surface area contributed by atoms with Gasteiger partial charge in [-0.2, -0.15) is 5.26 Å². The molecule has 2 nitrogen and oxygen atoms in total. The summed E-state index contributed by atoms with van der Waals surface area (Å²) < 4.78 is 0. The van der Waals surface area contributed by atoms with Crippen LogP contribution in [-0.2, 0) is 4.79 Å². The Bertz CT molecular complexity index is 734. The molecule has 1 unspecified atom stereocenters. The monoisotopic (exact) mass is 331 g/mol. The number of carbonyl (C=O) groups excluding carboxylic acids is 1. The number of Topliss-reactive ketones (excluding diaryl/α,β-unsaturated/α-hetero) is 1. The third-order valence-corrected chi connectivity index (χ3v) is 5.63. The average molecular weight is 331 g/mol. The molecule has 25 heavy (non-hydrogen) atoms. The smallest absolute Gasteiger partial charge is 0.140 e. The Morgan fingerprint density at radius 1 is 1.04 bits per heavy atom. The van der Waals surface area contributed by atoms with E-state index in [1.807, 2.05) is 19.1 Å². The van der Waals surface area contributed by atoms with E-state index in [9.17, 15) is 4.79 Å². The molecule has 2 heteroatoms. The van der Waals surface area contributed by atoms with Gasteiger partial charge in [0.1, 0.15) is 5.78 Å². The molecule has 0 saturated heterocycles. The Balaban J connectivity index is 1.52. The molecule has 1 aliphatic carbocycles. The van der Waals surface area contributed by atoms with E-state index in [1.54, 1.807) is 12.1 Å². The quantitative estimate of drug-likeness (QED) is 0.716. The van der Waals surface area contributed by atoms with Crippen LogP contribution in [0.1, 0.15) is 67.6 Å². The standard InChI is InChI=1S/C23H25NO/c1-17(20-11-9-19(16-24)10-12-20)23(25)15-18-7-13-22(14-8-18)21-5-3-2-4-6-21/h2-6,9-12,17-18,22H,7-8,13-15H2,1H3. The topological polar surface area (TPSA) is 40.9 Å². The molecule has 0 spiro atoms.